The molecule has 27 heavy (non-hydrogen) atoms. The molecule has 0 radical (unpaired) electrons. The highest BCUT2D eigenvalue weighted by Crippen LogP contribution is 2.19. The van der Waals surface area contributed by atoms with E-state index in [1.165, 1.54) is 0 Å². The molecule has 1 heterocycles. The molecule has 1 aromatic heterocycles. The van der Waals surface area contributed by atoms with Crippen molar-refractivity contribution in [2.24, 2.45) is 0 Å². The Kier molecular flexibility index (Phi) is 6.05. The maximum atomic E-state index is 12.4. The van der Waals surface area contributed by atoms with E-state index >= 15 is 0 Å². The molecular formula is C22H23N3O2. The van der Waals surface area contributed by atoms with Crippen LogP contribution in [-0.4, -0.2) is 24.5 Å². The van der Waals surface area contributed by atoms with Crippen LogP contribution in [0, 0.1) is 6.92 Å². The molecule has 5 nitrogen and oxygen atoms in total. The molecule has 3 aromatic rings. The van der Waals surface area contributed by atoms with E-state index in [1.54, 1.807) is 25.6 Å². The Balaban J connectivity index is 1.60. The van der Waals surface area contributed by atoms with E-state index in [2.05, 4.69) is 15.6 Å². The number of nitrogens with zero attached hydrogens (tertiary/aromatic N) is 1. The van der Waals surface area contributed by atoms with Gasteiger partial charge in [0.25, 0.3) is 5.91 Å². The lowest BCUT2D eigenvalue weighted by molar-refractivity contribution is 0.0953. The molecular weight excluding hydrogens is 338 g/mol. The Hall–Kier alpha value is -3.34. The second kappa shape index (κ2) is 8.85. The normalized spacial score (nSPS) is 10.3. The second-order valence-electron chi connectivity index (χ2n) is 6.27. The number of nitrogens with one attached hydrogen (secondary N) is 2. The Morgan fingerprint density at radius 1 is 1.04 bits per heavy atom. The SMILES string of the molecule is COc1ccccc1CCNC(=O)c1cncc(Nc2cccc(C)c2)c1. The topological polar surface area (TPSA) is 63.2 Å². The summed E-state index contributed by atoms with van der Waals surface area (Å²) < 4.78 is 5.34. The van der Waals surface area contributed by atoms with Crippen molar-refractivity contribution in [3.05, 3.63) is 83.7 Å². The molecule has 0 saturated carbocycles. The number of hydrogen-bond donors (Lipinski definition) is 2. The van der Waals surface area contributed by atoms with Gasteiger partial charge in [0.05, 0.1) is 24.6 Å². The van der Waals surface area contributed by atoms with Gasteiger partial charge >= 0.3 is 0 Å². The van der Waals surface area contributed by atoms with Crippen LogP contribution >= 0.6 is 0 Å². The molecule has 0 atom stereocenters. The third kappa shape index (κ3) is 5.07. The van der Waals surface area contributed by atoms with Gasteiger partial charge in [0, 0.05) is 18.4 Å². The highest BCUT2D eigenvalue weighted by Gasteiger charge is 2.08. The maximum absolute atomic E-state index is 12.4. The van der Waals surface area contributed by atoms with Gasteiger partial charge in [0.2, 0.25) is 0 Å². The zero-order valence-electron chi connectivity index (χ0n) is 15.5. The van der Waals surface area contributed by atoms with Gasteiger partial charge in [-0.05, 0) is 48.7 Å². The van der Waals surface area contributed by atoms with Crippen LogP contribution in [0.2, 0.25) is 0 Å². The molecule has 2 N–H and O–H groups in total. The number of aromatic nitrogens is 1. The standard InChI is InChI=1S/C22H23N3O2/c1-16-6-5-8-19(12-16)25-20-13-18(14-23-15-20)22(26)24-11-10-17-7-3-4-9-21(17)27-2/h3-9,12-15,25H,10-11H2,1-2H3,(H,24,26). The van der Waals surface area contributed by atoms with Crippen molar-refractivity contribution in [3.8, 4) is 5.75 Å². The summed E-state index contributed by atoms with van der Waals surface area (Å²) in [5.41, 5.74) is 4.49. The first kappa shape index (κ1) is 18.5. The first-order valence-corrected chi connectivity index (χ1v) is 8.84. The number of carbonyl (C=O) groups is 1. The van der Waals surface area contributed by atoms with Crippen molar-refractivity contribution in [3.63, 3.8) is 0 Å². The summed E-state index contributed by atoms with van der Waals surface area (Å²) >= 11 is 0. The van der Waals surface area contributed by atoms with Crippen molar-refractivity contribution < 1.29 is 9.53 Å². The van der Waals surface area contributed by atoms with Gasteiger partial charge in [-0.3, -0.25) is 9.78 Å². The highest BCUT2D eigenvalue weighted by molar-refractivity contribution is 5.94. The molecule has 138 valence electrons. The van der Waals surface area contributed by atoms with E-state index in [0.717, 1.165) is 28.3 Å². The lowest BCUT2D eigenvalue weighted by Crippen LogP contribution is -2.26. The average Bonchev–Trinajstić information content (AvgIpc) is 2.68. The number of benzene rings is 2. The van der Waals surface area contributed by atoms with E-state index < -0.39 is 0 Å². The Morgan fingerprint density at radius 3 is 2.70 bits per heavy atom. The fraction of sp³-hybridized carbons (Fsp3) is 0.182. The van der Waals surface area contributed by atoms with E-state index in [-0.39, 0.29) is 5.91 Å². The lowest BCUT2D eigenvalue weighted by Gasteiger charge is -2.10. The molecule has 0 fully saturated rings. The molecule has 5 heteroatoms. The van der Waals surface area contributed by atoms with Gasteiger partial charge < -0.3 is 15.4 Å². The number of para-hydroxylation sites is 1. The predicted molar refractivity (Wildman–Crippen MR) is 108 cm³/mol. The molecule has 0 bridgehead atoms. The minimum atomic E-state index is -0.148. The van der Waals surface area contributed by atoms with Gasteiger partial charge in [0.15, 0.2) is 0 Å². The lowest BCUT2D eigenvalue weighted by atomic mass is 10.1. The summed E-state index contributed by atoms with van der Waals surface area (Å²) in [5.74, 6) is 0.683. The molecule has 0 unspecified atom stereocenters. The van der Waals surface area contributed by atoms with E-state index in [1.807, 2.05) is 55.5 Å². The van der Waals surface area contributed by atoms with Crippen LogP contribution in [0.1, 0.15) is 21.5 Å². The summed E-state index contributed by atoms with van der Waals surface area (Å²) in [6.07, 6.45) is 3.97. The molecule has 2 aromatic carbocycles. The summed E-state index contributed by atoms with van der Waals surface area (Å²) in [7, 11) is 1.65. The van der Waals surface area contributed by atoms with Gasteiger partial charge in [0.1, 0.15) is 5.75 Å². The zero-order valence-corrected chi connectivity index (χ0v) is 15.5. The summed E-state index contributed by atoms with van der Waals surface area (Å²) in [4.78, 5) is 16.6. The number of pyridine rings is 1. The number of rotatable bonds is 7. The van der Waals surface area contributed by atoms with Crippen molar-refractivity contribution in [1.29, 1.82) is 0 Å². The third-order valence-electron chi connectivity index (χ3n) is 4.18. The zero-order chi connectivity index (χ0) is 19.1. The fourth-order valence-electron chi connectivity index (χ4n) is 2.84. The van der Waals surface area contributed by atoms with Crippen LogP contribution in [0.5, 0.6) is 5.75 Å². The first-order chi connectivity index (χ1) is 13.2. The largest absolute Gasteiger partial charge is 0.496 e. The number of amides is 1. The van der Waals surface area contributed by atoms with E-state index in [4.69, 9.17) is 4.74 Å². The first-order valence-electron chi connectivity index (χ1n) is 8.84. The number of hydrogen-bond acceptors (Lipinski definition) is 4. The molecule has 0 saturated heterocycles. The maximum Gasteiger partial charge on any atom is 0.252 e. The minimum Gasteiger partial charge on any atom is -0.496 e. The van der Waals surface area contributed by atoms with Crippen molar-refractivity contribution in [2.75, 3.05) is 19.0 Å². The van der Waals surface area contributed by atoms with Gasteiger partial charge in [-0.1, -0.05) is 30.3 Å². The Bertz CT molecular complexity index is 925. The number of aryl methyl sites for hydroxylation is 1. The molecule has 0 aliphatic rings. The van der Waals surface area contributed by atoms with Gasteiger partial charge in [-0.2, -0.15) is 0 Å². The van der Waals surface area contributed by atoms with Crippen LogP contribution in [0.3, 0.4) is 0 Å². The third-order valence-corrected chi connectivity index (χ3v) is 4.18. The summed E-state index contributed by atoms with van der Waals surface area (Å²) in [6, 6.07) is 17.7. The average molecular weight is 361 g/mol. The predicted octanol–water partition coefficient (Wildman–Crippen LogP) is 4.11. The highest BCUT2D eigenvalue weighted by atomic mass is 16.5. The van der Waals surface area contributed by atoms with Gasteiger partial charge in [-0.15, -0.1) is 0 Å². The molecule has 0 aliphatic heterocycles. The number of ether oxygens (including phenoxy) is 1. The summed E-state index contributed by atoms with van der Waals surface area (Å²) in [5, 5.41) is 6.21. The fourth-order valence-corrected chi connectivity index (χ4v) is 2.84. The Labute approximate surface area is 159 Å². The molecule has 0 spiro atoms. The summed E-state index contributed by atoms with van der Waals surface area (Å²) in [6.45, 7) is 2.56. The number of methoxy groups -OCH3 is 1. The number of anilines is 2. The van der Waals surface area contributed by atoms with Crippen LogP contribution in [-0.2, 0) is 6.42 Å². The van der Waals surface area contributed by atoms with Crippen LogP contribution < -0.4 is 15.4 Å². The quantitative estimate of drug-likeness (QED) is 0.665. The van der Waals surface area contributed by atoms with Crippen LogP contribution in [0.4, 0.5) is 11.4 Å². The van der Waals surface area contributed by atoms with Crippen molar-refractivity contribution >= 4 is 17.3 Å². The molecule has 0 aliphatic carbocycles. The molecule has 1 amide bonds. The van der Waals surface area contributed by atoms with Crippen LogP contribution in [0.15, 0.2) is 67.0 Å². The Morgan fingerprint density at radius 2 is 1.89 bits per heavy atom. The van der Waals surface area contributed by atoms with Crippen LogP contribution in [0.25, 0.3) is 0 Å². The minimum absolute atomic E-state index is 0.148. The smallest absolute Gasteiger partial charge is 0.252 e. The monoisotopic (exact) mass is 361 g/mol. The van der Waals surface area contributed by atoms with Gasteiger partial charge in [-0.25, -0.2) is 0 Å². The second-order valence-corrected chi connectivity index (χ2v) is 6.27. The number of carbonyl (C=O) groups excluding carboxylic acids is 1. The van der Waals surface area contributed by atoms with E-state index in [9.17, 15) is 4.79 Å². The van der Waals surface area contributed by atoms with Crippen molar-refractivity contribution in [1.82, 2.24) is 10.3 Å². The van der Waals surface area contributed by atoms with Crippen molar-refractivity contribution in [2.45, 2.75) is 13.3 Å². The van der Waals surface area contributed by atoms with E-state index in [0.29, 0.717) is 18.5 Å². The molecule has 3 rings (SSSR count).